The Hall–Kier alpha value is -0.370. The largest absolute Gasteiger partial charge is 0.250 e. The second-order valence-electron chi connectivity index (χ2n) is 5.14. The Bertz CT molecular complexity index is 308. The van der Waals surface area contributed by atoms with Crippen molar-refractivity contribution in [3.63, 3.8) is 0 Å². The summed E-state index contributed by atoms with van der Waals surface area (Å²) in [5, 5.41) is 1.22. The molecule has 0 spiro atoms. The van der Waals surface area contributed by atoms with E-state index < -0.39 is 0 Å². The molecular formula is C13H21NS. The van der Waals surface area contributed by atoms with Crippen LogP contribution in [0.3, 0.4) is 0 Å². The van der Waals surface area contributed by atoms with E-state index >= 15 is 0 Å². The molecule has 84 valence electrons. The lowest BCUT2D eigenvalue weighted by Crippen LogP contribution is -2.17. The standard InChI is InChI=1S/C13H21NS/c1-9(2)11-4-6-12(7-5-11)13-8-14-10(3)15-13/h8-9,11-12H,4-7H2,1-3H3. The molecule has 1 aliphatic carbocycles. The molecule has 0 amide bonds. The smallest absolute Gasteiger partial charge is 0.0896 e. The van der Waals surface area contributed by atoms with Gasteiger partial charge in [-0.3, -0.25) is 0 Å². The molecule has 0 radical (unpaired) electrons. The second kappa shape index (κ2) is 4.65. The summed E-state index contributed by atoms with van der Waals surface area (Å²) < 4.78 is 0. The van der Waals surface area contributed by atoms with Crippen molar-refractivity contribution >= 4 is 11.3 Å². The van der Waals surface area contributed by atoms with Gasteiger partial charge in [0.1, 0.15) is 0 Å². The van der Waals surface area contributed by atoms with Crippen LogP contribution in [0, 0.1) is 18.8 Å². The van der Waals surface area contributed by atoms with E-state index in [0.717, 1.165) is 17.8 Å². The van der Waals surface area contributed by atoms with E-state index in [0.29, 0.717) is 0 Å². The predicted octanol–water partition coefficient (Wildman–Crippen LogP) is 4.38. The molecule has 1 nitrogen and oxygen atoms in total. The Labute approximate surface area is 96.9 Å². The van der Waals surface area contributed by atoms with Gasteiger partial charge in [-0.15, -0.1) is 11.3 Å². The summed E-state index contributed by atoms with van der Waals surface area (Å²) in [6, 6.07) is 0. The van der Waals surface area contributed by atoms with Crippen LogP contribution in [-0.4, -0.2) is 4.98 Å². The van der Waals surface area contributed by atoms with Gasteiger partial charge in [0.05, 0.1) is 5.01 Å². The van der Waals surface area contributed by atoms with Crippen LogP contribution >= 0.6 is 11.3 Å². The van der Waals surface area contributed by atoms with Gasteiger partial charge >= 0.3 is 0 Å². The van der Waals surface area contributed by atoms with Crippen LogP contribution in [0.4, 0.5) is 0 Å². The molecule has 0 saturated heterocycles. The van der Waals surface area contributed by atoms with Gasteiger partial charge in [-0.1, -0.05) is 13.8 Å². The third kappa shape index (κ3) is 2.60. The van der Waals surface area contributed by atoms with Crippen molar-refractivity contribution in [2.24, 2.45) is 11.8 Å². The van der Waals surface area contributed by atoms with Gasteiger partial charge in [0.25, 0.3) is 0 Å². The van der Waals surface area contributed by atoms with Gasteiger partial charge < -0.3 is 0 Å². The molecule has 0 unspecified atom stereocenters. The number of hydrogen-bond donors (Lipinski definition) is 0. The fourth-order valence-corrected chi connectivity index (χ4v) is 3.59. The van der Waals surface area contributed by atoms with Gasteiger partial charge in [-0.05, 0) is 50.4 Å². The zero-order valence-electron chi connectivity index (χ0n) is 9.99. The van der Waals surface area contributed by atoms with Gasteiger partial charge in [0.2, 0.25) is 0 Å². The minimum Gasteiger partial charge on any atom is -0.250 e. The first-order valence-corrected chi connectivity index (χ1v) is 6.90. The lowest BCUT2D eigenvalue weighted by Gasteiger charge is -2.30. The molecule has 2 heteroatoms. The number of aromatic nitrogens is 1. The third-order valence-electron chi connectivity index (χ3n) is 3.76. The van der Waals surface area contributed by atoms with E-state index in [9.17, 15) is 0 Å². The summed E-state index contributed by atoms with van der Waals surface area (Å²) in [4.78, 5) is 5.89. The summed E-state index contributed by atoms with van der Waals surface area (Å²) in [5.74, 6) is 2.65. The number of rotatable bonds is 2. The van der Waals surface area contributed by atoms with Crippen molar-refractivity contribution in [3.05, 3.63) is 16.1 Å². The van der Waals surface area contributed by atoms with E-state index in [1.165, 1.54) is 35.6 Å². The number of thiazole rings is 1. The summed E-state index contributed by atoms with van der Waals surface area (Å²) in [6.45, 7) is 6.83. The molecule has 1 fully saturated rings. The van der Waals surface area contributed by atoms with Crippen molar-refractivity contribution in [3.8, 4) is 0 Å². The fourth-order valence-electron chi connectivity index (χ4n) is 2.64. The van der Waals surface area contributed by atoms with Crippen LogP contribution in [0.15, 0.2) is 6.20 Å². The molecule has 2 rings (SSSR count). The first-order chi connectivity index (χ1) is 7.16. The van der Waals surface area contributed by atoms with E-state index in [4.69, 9.17) is 0 Å². The minimum absolute atomic E-state index is 0.811. The van der Waals surface area contributed by atoms with Crippen molar-refractivity contribution in [1.29, 1.82) is 0 Å². The lowest BCUT2D eigenvalue weighted by molar-refractivity contribution is 0.260. The van der Waals surface area contributed by atoms with Gasteiger partial charge in [-0.25, -0.2) is 4.98 Å². The summed E-state index contributed by atoms with van der Waals surface area (Å²) in [6.07, 6.45) is 7.69. The van der Waals surface area contributed by atoms with Crippen LogP contribution in [0.1, 0.15) is 55.3 Å². The highest BCUT2D eigenvalue weighted by Crippen LogP contribution is 2.40. The van der Waals surface area contributed by atoms with E-state index in [1.54, 1.807) is 0 Å². The average molecular weight is 223 g/mol. The third-order valence-corrected chi connectivity index (χ3v) is 4.83. The van der Waals surface area contributed by atoms with E-state index in [2.05, 4.69) is 32.0 Å². The normalized spacial score (nSPS) is 27.2. The Balaban J connectivity index is 1.93. The average Bonchev–Trinajstić information content (AvgIpc) is 2.65. The number of nitrogens with zero attached hydrogens (tertiary/aromatic N) is 1. The number of hydrogen-bond acceptors (Lipinski definition) is 2. The van der Waals surface area contributed by atoms with Gasteiger partial charge in [0.15, 0.2) is 0 Å². The molecule has 1 saturated carbocycles. The Morgan fingerprint density at radius 2 is 1.93 bits per heavy atom. The van der Waals surface area contributed by atoms with Crippen LogP contribution < -0.4 is 0 Å². The fraction of sp³-hybridized carbons (Fsp3) is 0.769. The molecule has 15 heavy (non-hydrogen) atoms. The zero-order chi connectivity index (χ0) is 10.8. The Kier molecular flexibility index (Phi) is 3.45. The molecule has 0 atom stereocenters. The minimum atomic E-state index is 0.811. The maximum Gasteiger partial charge on any atom is 0.0896 e. The molecule has 1 aromatic heterocycles. The number of aryl methyl sites for hydroxylation is 1. The summed E-state index contributed by atoms with van der Waals surface area (Å²) >= 11 is 1.89. The summed E-state index contributed by atoms with van der Waals surface area (Å²) in [7, 11) is 0. The molecular weight excluding hydrogens is 202 g/mol. The maximum atomic E-state index is 4.36. The first kappa shape index (κ1) is 11.1. The lowest BCUT2D eigenvalue weighted by atomic mass is 9.77. The van der Waals surface area contributed by atoms with Crippen molar-refractivity contribution in [1.82, 2.24) is 4.98 Å². The van der Waals surface area contributed by atoms with Crippen LogP contribution in [0.25, 0.3) is 0 Å². The van der Waals surface area contributed by atoms with E-state index in [1.807, 2.05) is 11.3 Å². The molecule has 1 aromatic rings. The van der Waals surface area contributed by atoms with Crippen molar-refractivity contribution in [2.45, 2.75) is 52.4 Å². The summed E-state index contributed by atoms with van der Waals surface area (Å²) in [5.41, 5.74) is 0. The van der Waals surface area contributed by atoms with Gasteiger partial charge in [-0.2, -0.15) is 0 Å². The molecule has 1 aliphatic rings. The van der Waals surface area contributed by atoms with Crippen molar-refractivity contribution in [2.75, 3.05) is 0 Å². The molecule has 1 heterocycles. The topological polar surface area (TPSA) is 12.9 Å². The highest BCUT2D eigenvalue weighted by molar-refractivity contribution is 7.11. The Morgan fingerprint density at radius 3 is 2.40 bits per heavy atom. The molecule has 0 N–H and O–H groups in total. The van der Waals surface area contributed by atoms with Gasteiger partial charge in [0, 0.05) is 11.1 Å². The molecule has 0 aliphatic heterocycles. The zero-order valence-corrected chi connectivity index (χ0v) is 10.8. The Morgan fingerprint density at radius 1 is 1.27 bits per heavy atom. The van der Waals surface area contributed by atoms with Crippen LogP contribution in [0.5, 0.6) is 0 Å². The SMILES string of the molecule is Cc1ncc(C2CCC(C(C)C)CC2)s1. The quantitative estimate of drug-likeness (QED) is 0.725. The van der Waals surface area contributed by atoms with Crippen LogP contribution in [0.2, 0.25) is 0 Å². The molecule has 0 aromatic carbocycles. The highest BCUT2D eigenvalue weighted by Gasteiger charge is 2.25. The van der Waals surface area contributed by atoms with Crippen molar-refractivity contribution < 1.29 is 0 Å². The van der Waals surface area contributed by atoms with E-state index in [-0.39, 0.29) is 0 Å². The van der Waals surface area contributed by atoms with Crippen LogP contribution in [-0.2, 0) is 0 Å². The second-order valence-corrected chi connectivity index (χ2v) is 6.40. The monoisotopic (exact) mass is 223 g/mol. The predicted molar refractivity (Wildman–Crippen MR) is 66.4 cm³/mol. The maximum absolute atomic E-state index is 4.36. The molecule has 0 bridgehead atoms. The highest BCUT2D eigenvalue weighted by atomic mass is 32.1. The first-order valence-electron chi connectivity index (χ1n) is 6.09.